The first-order chi connectivity index (χ1) is 9.02. The van der Waals surface area contributed by atoms with Crippen molar-refractivity contribution in [2.45, 2.75) is 20.3 Å². The minimum absolute atomic E-state index is 0.253. The number of hydrogen-bond donors (Lipinski definition) is 2. The third kappa shape index (κ3) is 4.11. The average Bonchev–Trinajstić information content (AvgIpc) is 2.87. The van der Waals surface area contributed by atoms with E-state index in [4.69, 9.17) is 0 Å². The van der Waals surface area contributed by atoms with E-state index in [0.29, 0.717) is 10.3 Å². The topological polar surface area (TPSA) is 84.0 Å². The van der Waals surface area contributed by atoms with E-state index < -0.39 is 0 Å². The molecule has 0 spiro atoms. The highest BCUT2D eigenvalue weighted by Crippen LogP contribution is 2.16. The highest BCUT2D eigenvalue weighted by Gasteiger charge is 2.12. The number of anilines is 2. The van der Waals surface area contributed by atoms with Crippen molar-refractivity contribution in [2.24, 2.45) is 0 Å². The Morgan fingerprint density at radius 2 is 1.42 bits per heavy atom. The monoisotopic (exact) mass is 296 g/mol. The molecule has 6 nitrogen and oxygen atoms in total. The summed E-state index contributed by atoms with van der Waals surface area (Å²) >= 11 is 2.65. The van der Waals surface area contributed by atoms with Gasteiger partial charge in [-0.3, -0.25) is 9.59 Å². The summed E-state index contributed by atoms with van der Waals surface area (Å²) in [6.45, 7) is 3.67. The van der Waals surface area contributed by atoms with Crippen LogP contribution in [0, 0.1) is 13.8 Å². The predicted molar refractivity (Wildman–Crippen MR) is 75.6 cm³/mol. The van der Waals surface area contributed by atoms with Crippen molar-refractivity contribution in [3.05, 3.63) is 22.1 Å². The molecule has 0 fully saturated rings. The molecule has 0 unspecified atom stereocenters. The van der Waals surface area contributed by atoms with Crippen LogP contribution >= 0.6 is 22.7 Å². The Hall–Kier alpha value is -1.80. The van der Waals surface area contributed by atoms with Gasteiger partial charge < -0.3 is 10.6 Å². The van der Waals surface area contributed by atoms with Gasteiger partial charge in [-0.1, -0.05) is 0 Å². The molecule has 100 valence electrons. The molecule has 0 aliphatic carbocycles. The van der Waals surface area contributed by atoms with E-state index in [0.717, 1.165) is 11.4 Å². The third-order valence-corrected chi connectivity index (χ3v) is 3.80. The summed E-state index contributed by atoms with van der Waals surface area (Å²) in [7, 11) is 0. The Bertz CT molecular complexity index is 553. The van der Waals surface area contributed by atoms with E-state index in [1.165, 1.54) is 22.7 Å². The summed E-state index contributed by atoms with van der Waals surface area (Å²) in [6.07, 6.45) is -0.253. The molecular formula is C11H12N4O2S2. The lowest BCUT2D eigenvalue weighted by atomic mass is 10.4. The van der Waals surface area contributed by atoms with E-state index in [1.807, 2.05) is 24.6 Å². The zero-order valence-corrected chi connectivity index (χ0v) is 12.0. The number of carbonyl (C=O) groups is 2. The van der Waals surface area contributed by atoms with E-state index in [-0.39, 0.29) is 18.2 Å². The first kappa shape index (κ1) is 13.6. The second-order valence-corrected chi connectivity index (χ2v) is 5.58. The lowest BCUT2D eigenvalue weighted by molar-refractivity contribution is -0.123. The number of aryl methyl sites for hydroxylation is 2. The Labute approximate surface area is 117 Å². The summed E-state index contributed by atoms with van der Waals surface area (Å²) in [5, 5.41) is 9.81. The summed E-state index contributed by atoms with van der Waals surface area (Å²) < 4.78 is 0. The summed E-state index contributed by atoms with van der Waals surface area (Å²) in [5.74, 6) is -0.778. The minimum atomic E-state index is -0.389. The van der Waals surface area contributed by atoms with Gasteiger partial charge >= 0.3 is 0 Å². The van der Waals surface area contributed by atoms with Gasteiger partial charge in [-0.05, 0) is 13.8 Å². The van der Waals surface area contributed by atoms with Gasteiger partial charge in [-0.25, -0.2) is 9.97 Å². The zero-order valence-electron chi connectivity index (χ0n) is 10.4. The second kappa shape index (κ2) is 5.89. The fraction of sp³-hybridized carbons (Fsp3) is 0.273. The molecule has 2 heterocycles. The molecule has 0 bridgehead atoms. The number of carbonyl (C=O) groups excluding carboxylic acids is 2. The van der Waals surface area contributed by atoms with Gasteiger partial charge in [0.15, 0.2) is 10.3 Å². The molecule has 2 aromatic heterocycles. The predicted octanol–water partition coefficient (Wildman–Crippen LogP) is 2.18. The molecule has 0 aromatic carbocycles. The number of thiazole rings is 2. The number of nitrogens with zero attached hydrogens (tertiary/aromatic N) is 2. The van der Waals surface area contributed by atoms with Crippen LogP contribution in [0.15, 0.2) is 10.8 Å². The molecule has 0 aliphatic rings. The van der Waals surface area contributed by atoms with Gasteiger partial charge in [-0.15, -0.1) is 22.7 Å². The van der Waals surface area contributed by atoms with Gasteiger partial charge in [-0.2, -0.15) is 0 Å². The standard InChI is InChI=1S/C11H12N4O2S2/c1-6-4-18-10(12-6)14-8(16)3-9(17)15-11-13-7(2)5-19-11/h4-5H,3H2,1-2H3,(H,12,14,16)(H,13,15,17). The summed E-state index contributed by atoms with van der Waals surface area (Å²) in [4.78, 5) is 31.4. The summed E-state index contributed by atoms with van der Waals surface area (Å²) in [5.41, 5.74) is 1.67. The number of rotatable bonds is 4. The van der Waals surface area contributed by atoms with Crippen molar-refractivity contribution >= 4 is 44.8 Å². The van der Waals surface area contributed by atoms with Crippen LogP contribution in [0.3, 0.4) is 0 Å². The van der Waals surface area contributed by atoms with Crippen LogP contribution in [0.4, 0.5) is 10.3 Å². The minimum Gasteiger partial charge on any atom is -0.302 e. The fourth-order valence-corrected chi connectivity index (χ4v) is 2.70. The van der Waals surface area contributed by atoms with E-state index in [2.05, 4.69) is 20.6 Å². The maximum atomic E-state index is 11.6. The molecule has 2 amide bonds. The number of amides is 2. The Morgan fingerprint density at radius 1 is 1.00 bits per heavy atom. The smallest absolute Gasteiger partial charge is 0.235 e. The maximum absolute atomic E-state index is 11.6. The van der Waals surface area contributed by atoms with Crippen molar-refractivity contribution in [3.8, 4) is 0 Å². The highest BCUT2D eigenvalue weighted by atomic mass is 32.1. The third-order valence-electron chi connectivity index (χ3n) is 2.05. The number of aromatic nitrogens is 2. The van der Waals surface area contributed by atoms with Crippen molar-refractivity contribution < 1.29 is 9.59 Å². The van der Waals surface area contributed by atoms with Crippen LogP contribution in [0.2, 0.25) is 0 Å². The molecule has 0 radical (unpaired) electrons. The van der Waals surface area contributed by atoms with Crippen LogP contribution in [-0.2, 0) is 9.59 Å². The van der Waals surface area contributed by atoms with Gasteiger partial charge in [0.25, 0.3) is 0 Å². The van der Waals surface area contributed by atoms with E-state index >= 15 is 0 Å². The molecule has 0 atom stereocenters. The Balaban J connectivity index is 1.83. The molecule has 2 N–H and O–H groups in total. The normalized spacial score (nSPS) is 10.2. The SMILES string of the molecule is Cc1csc(NC(=O)CC(=O)Nc2nc(C)cs2)n1. The number of nitrogens with one attached hydrogen (secondary N) is 2. The maximum Gasteiger partial charge on any atom is 0.235 e. The molecule has 0 saturated carbocycles. The molecule has 8 heteroatoms. The first-order valence-electron chi connectivity index (χ1n) is 5.47. The molecule has 19 heavy (non-hydrogen) atoms. The van der Waals surface area contributed by atoms with Gasteiger partial charge in [0.05, 0.1) is 11.4 Å². The molecular weight excluding hydrogens is 284 g/mol. The molecule has 0 saturated heterocycles. The van der Waals surface area contributed by atoms with Crippen LogP contribution in [0.1, 0.15) is 17.8 Å². The quantitative estimate of drug-likeness (QED) is 0.847. The van der Waals surface area contributed by atoms with Crippen molar-refractivity contribution in [1.29, 1.82) is 0 Å². The Kier molecular flexibility index (Phi) is 4.23. The summed E-state index contributed by atoms with van der Waals surface area (Å²) in [6, 6.07) is 0. The van der Waals surface area contributed by atoms with Crippen LogP contribution in [-0.4, -0.2) is 21.8 Å². The Morgan fingerprint density at radius 3 is 1.74 bits per heavy atom. The molecule has 2 aromatic rings. The lowest BCUT2D eigenvalue weighted by Gasteiger charge is -2.01. The van der Waals surface area contributed by atoms with Crippen LogP contribution in [0.25, 0.3) is 0 Å². The van der Waals surface area contributed by atoms with Crippen molar-refractivity contribution in [2.75, 3.05) is 10.6 Å². The van der Waals surface area contributed by atoms with Crippen molar-refractivity contribution in [1.82, 2.24) is 9.97 Å². The lowest BCUT2D eigenvalue weighted by Crippen LogP contribution is -2.21. The average molecular weight is 296 g/mol. The largest absolute Gasteiger partial charge is 0.302 e. The van der Waals surface area contributed by atoms with E-state index in [1.54, 1.807) is 0 Å². The molecule has 0 aliphatic heterocycles. The van der Waals surface area contributed by atoms with Gasteiger partial charge in [0.1, 0.15) is 6.42 Å². The second-order valence-electron chi connectivity index (χ2n) is 3.86. The molecule has 2 rings (SSSR count). The van der Waals surface area contributed by atoms with Crippen LogP contribution in [0.5, 0.6) is 0 Å². The van der Waals surface area contributed by atoms with Gasteiger partial charge in [0, 0.05) is 10.8 Å². The van der Waals surface area contributed by atoms with Gasteiger partial charge in [0.2, 0.25) is 11.8 Å². The highest BCUT2D eigenvalue weighted by molar-refractivity contribution is 7.14. The van der Waals surface area contributed by atoms with E-state index in [9.17, 15) is 9.59 Å². The van der Waals surface area contributed by atoms with Crippen LogP contribution < -0.4 is 10.6 Å². The number of hydrogen-bond acceptors (Lipinski definition) is 6. The first-order valence-corrected chi connectivity index (χ1v) is 7.23. The fourth-order valence-electron chi connectivity index (χ4n) is 1.30. The van der Waals surface area contributed by atoms with Crippen molar-refractivity contribution in [3.63, 3.8) is 0 Å². The zero-order chi connectivity index (χ0) is 13.8.